The monoisotopic (exact) mass is 328 g/mol. The average molecular weight is 328 g/mol. The normalized spacial score (nSPS) is 11.4. The number of nitrogens with two attached hydrogens (primary N) is 1. The number of benzene rings is 2. The molecule has 6 nitrogen and oxygen atoms in total. The summed E-state index contributed by atoms with van der Waals surface area (Å²) in [6.07, 6.45) is 5.38. The maximum atomic E-state index is 6.01. The Bertz CT molecular complexity index is 1040. The van der Waals surface area contributed by atoms with Gasteiger partial charge < -0.3 is 5.73 Å². The number of hydrogen-bond donors (Lipinski definition) is 2. The van der Waals surface area contributed by atoms with E-state index in [4.69, 9.17) is 5.73 Å². The van der Waals surface area contributed by atoms with Crippen LogP contribution in [0.4, 0.5) is 17.2 Å². The Balaban J connectivity index is 1.69. The van der Waals surface area contributed by atoms with E-state index in [2.05, 4.69) is 25.4 Å². The molecule has 0 unspecified atom stereocenters. The Kier molecular flexibility index (Phi) is 3.70. The van der Waals surface area contributed by atoms with E-state index in [1.807, 2.05) is 55.6 Å². The standard InChI is InChI=1S/C19H16N6/c1-12-2-3-14-9-21-19(20)18(17(14)8-12)25-24-16-6-4-13(5-7-16)15-10-22-23-11-15/h2-11H,1H3,(H2,20,21)(H,22,23)/b25-24+. The topological polar surface area (TPSA) is 92.3 Å². The number of aromatic amines is 1. The summed E-state index contributed by atoms with van der Waals surface area (Å²) in [4.78, 5) is 4.21. The summed E-state index contributed by atoms with van der Waals surface area (Å²) in [6.45, 7) is 2.03. The van der Waals surface area contributed by atoms with Crippen molar-refractivity contribution in [1.29, 1.82) is 0 Å². The smallest absolute Gasteiger partial charge is 0.151 e. The van der Waals surface area contributed by atoms with Gasteiger partial charge in [-0.25, -0.2) is 4.98 Å². The minimum Gasteiger partial charge on any atom is -0.382 e. The molecule has 0 aliphatic carbocycles. The summed E-state index contributed by atoms with van der Waals surface area (Å²) < 4.78 is 0. The van der Waals surface area contributed by atoms with Gasteiger partial charge in [-0.1, -0.05) is 29.8 Å². The summed E-state index contributed by atoms with van der Waals surface area (Å²) in [5.41, 5.74) is 10.6. The fraction of sp³-hybridized carbons (Fsp3) is 0.0526. The quantitative estimate of drug-likeness (QED) is 0.522. The Labute approximate surface area is 144 Å². The molecule has 0 aliphatic heterocycles. The van der Waals surface area contributed by atoms with E-state index in [-0.39, 0.29) is 0 Å². The molecule has 2 heterocycles. The molecule has 0 radical (unpaired) electrons. The van der Waals surface area contributed by atoms with Crippen LogP contribution in [-0.2, 0) is 0 Å². The van der Waals surface area contributed by atoms with Crippen molar-refractivity contribution < 1.29 is 0 Å². The predicted octanol–water partition coefficient (Wildman–Crippen LogP) is 4.93. The highest BCUT2D eigenvalue weighted by atomic mass is 15.1. The third-order valence-corrected chi connectivity index (χ3v) is 4.01. The molecule has 0 aliphatic rings. The highest BCUT2D eigenvalue weighted by Crippen LogP contribution is 2.32. The van der Waals surface area contributed by atoms with Crippen molar-refractivity contribution in [2.24, 2.45) is 10.2 Å². The van der Waals surface area contributed by atoms with Crippen molar-refractivity contribution in [2.45, 2.75) is 6.92 Å². The van der Waals surface area contributed by atoms with Crippen LogP contribution in [0.15, 0.2) is 71.3 Å². The minimum atomic E-state index is 0.372. The molecule has 25 heavy (non-hydrogen) atoms. The molecule has 3 N–H and O–H groups in total. The van der Waals surface area contributed by atoms with Crippen molar-refractivity contribution in [3.8, 4) is 11.1 Å². The van der Waals surface area contributed by atoms with Gasteiger partial charge in [0.05, 0.1) is 11.9 Å². The number of aryl methyl sites for hydroxylation is 1. The molecule has 122 valence electrons. The van der Waals surface area contributed by atoms with Gasteiger partial charge in [-0.2, -0.15) is 10.2 Å². The first kappa shape index (κ1) is 15.0. The third kappa shape index (κ3) is 2.97. The van der Waals surface area contributed by atoms with Gasteiger partial charge in [0, 0.05) is 28.7 Å². The van der Waals surface area contributed by atoms with Crippen molar-refractivity contribution in [1.82, 2.24) is 15.2 Å². The van der Waals surface area contributed by atoms with Gasteiger partial charge >= 0.3 is 0 Å². The van der Waals surface area contributed by atoms with Gasteiger partial charge in [0.25, 0.3) is 0 Å². The maximum absolute atomic E-state index is 6.01. The first-order chi connectivity index (χ1) is 12.2. The van der Waals surface area contributed by atoms with Crippen LogP contribution in [-0.4, -0.2) is 15.2 Å². The second-order valence-electron chi connectivity index (χ2n) is 5.82. The summed E-state index contributed by atoms with van der Waals surface area (Å²) in [7, 11) is 0. The minimum absolute atomic E-state index is 0.372. The van der Waals surface area contributed by atoms with Crippen molar-refractivity contribution in [3.63, 3.8) is 0 Å². The van der Waals surface area contributed by atoms with Gasteiger partial charge in [0.2, 0.25) is 0 Å². The second kappa shape index (κ2) is 6.16. The van der Waals surface area contributed by atoms with Crippen molar-refractivity contribution in [3.05, 3.63) is 66.6 Å². The van der Waals surface area contributed by atoms with E-state index in [0.717, 1.165) is 33.2 Å². The van der Waals surface area contributed by atoms with Crippen LogP contribution >= 0.6 is 0 Å². The lowest BCUT2D eigenvalue weighted by Gasteiger charge is -2.05. The Hall–Kier alpha value is -3.54. The zero-order valence-electron chi connectivity index (χ0n) is 13.6. The number of rotatable bonds is 3. The molecule has 0 spiro atoms. The summed E-state index contributed by atoms with van der Waals surface area (Å²) in [5.74, 6) is 0.372. The Morgan fingerprint density at radius 1 is 0.960 bits per heavy atom. The number of anilines is 1. The van der Waals surface area contributed by atoms with Gasteiger partial charge in [-0.15, -0.1) is 5.11 Å². The molecule has 0 amide bonds. The number of fused-ring (bicyclic) bond motifs is 1. The maximum Gasteiger partial charge on any atom is 0.151 e. The van der Waals surface area contributed by atoms with Gasteiger partial charge in [0.1, 0.15) is 5.69 Å². The van der Waals surface area contributed by atoms with Crippen LogP contribution in [0.3, 0.4) is 0 Å². The molecule has 2 aromatic heterocycles. The zero-order chi connectivity index (χ0) is 17.2. The average Bonchev–Trinajstić information content (AvgIpc) is 3.16. The van der Waals surface area contributed by atoms with Crippen LogP contribution in [0.5, 0.6) is 0 Å². The fourth-order valence-corrected chi connectivity index (χ4v) is 2.67. The molecule has 2 aromatic carbocycles. The van der Waals surface area contributed by atoms with E-state index < -0.39 is 0 Å². The Morgan fingerprint density at radius 3 is 2.56 bits per heavy atom. The molecule has 0 saturated carbocycles. The number of hydrogen-bond acceptors (Lipinski definition) is 5. The van der Waals surface area contributed by atoms with Crippen LogP contribution in [0, 0.1) is 6.92 Å². The molecule has 0 saturated heterocycles. The number of azo groups is 1. The molecule has 6 heteroatoms. The highest BCUT2D eigenvalue weighted by molar-refractivity contribution is 5.96. The molecule has 0 bridgehead atoms. The number of H-pyrrole nitrogens is 1. The van der Waals surface area contributed by atoms with E-state index >= 15 is 0 Å². The van der Waals surface area contributed by atoms with E-state index in [1.165, 1.54) is 0 Å². The van der Waals surface area contributed by atoms with E-state index in [1.54, 1.807) is 12.4 Å². The van der Waals surface area contributed by atoms with Crippen molar-refractivity contribution in [2.75, 3.05) is 5.73 Å². The van der Waals surface area contributed by atoms with E-state index in [0.29, 0.717) is 11.5 Å². The Morgan fingerprint density at radius 2 is 1.80 bits per heavy atom. The van der Waals surface area contributed by atoms with Crippen molar-refractivity contribution >= 4 is 28.0 Å². The molecule has 0 atom stereocenters. The van der Waals surface area contributed by atoms with Gasteiger partial charge in [0.15, 0.2) is 5.82 Å². The van der Waals surface area contributed by atoms with E-state index in [9.17, 15) is 0 Å². The molecular formula is C19H16N6. The fourth-order valence-electron chi connectivity index (χ4n) is 2.67. The zero-order valence-corrected chi connectivity index (χ0v) is 13.6. The number of nitrogen functional groups attached to an aromatic ring is 1. The lowest BCUT2D eigenvalue weighted by molar-refractivity contribution is 1.09. The largest absolute Gasteiger partial charge is 0.382 e. The molecule has 4 aromatic rings. The lowest BCUT2D eigenvalue weighted by atomic mass is 10.1. The first-order valence-electron chi connectivity index (χ1n) is 7.86. The van der Waals surface area contributed by atoms with Crippen LogP contribution < -0.4 is 5.73 Å². The SMILES string of the molecule is Cc1ccc2cnc(N)c(/N=N/c3ccc(-c4cn[nH]c4)cc3)c2c1. The number of nitrogens with one attached hydrogen (secondary N) is 1. The lowest BCUT2D eigenvalue weighted by Crippen LogP contribution is -1.91. The summed E-state index contributed by atoms with van der Waals surface area (Å²) in [5, 5.41) is 17.4. The highest BCUT2D eigenvalue weighted by Gasteiger charge is 2.07. The summed E-state index contributed by atoms with van der Waals surface area (Å²) in [6, 6.07) is 13.9. The van der Waals surface area contributed by atoms with Gasteiger partial charge in [-0.05, 0) is 30.7 Å². The summed E-state index contributed by atoms with van der Waals surface area (Å²) >= 11 is 0. The first-order valence-corrected chi connectivity index (χ1v) is 7.86. The number of pyridine rings is 1. The van der Waals surface area contributed by atoms with Crippen LogP contribution in [0.1, 0.15) is 5.56 Å². The predicted molar refractivity (Wildman–Crippen MR) is 99.1 cm³/mol. The van der Waals surface area contributed by atoms with Gasteiger partial charge in [-0.3, -0.25) is 5.10 Å². The van der Waals surface area contributed by atoms with Crippen LogP contribution in [0.25, 0.3) is 21.9 Å². The third-order valence-electron chi connectivity index (χ3n) is 4.01. The molecule has 0 fully saturated rings. The molecule has 4 rings (SSSR count). The second-order valence-corrected chi connectivity index (χ2v) is 5.82. The molecular weight excluding hydrogens is 312 g/mol. The number of nitrogens with zero attached hydrogens (tertiary/aromatic N) is 4. The number of aromatic nitrogens is 3. The van der Waals surface area contributed by atoms with Crippen LogP contribution in [0.2, 0.25) is 0 Å².